The Hall–Kier alpha value is -1.34. The van der Waals surface area contributed by atoms with Crippen LogP contribution in [0.15, 0.2) is 11.0 Å². The van der Waals surface area contributed by atoms with Gasteiger partial charge in [0.25, 0.3) is 5.56 Å². The van der Waals surface area contributed by atoms with Crippen LogP contribution in [0.2, 0.25) is 10.0 Å². The maximum absolute atomic E-state index is 14.5. The van der Waals surface area contributed by atoms with Gasteiger partial charge in [0.1, 0.15) is 16.8 Å². The molecule has 0 aromatic carbocycles. The van der Waals surface area contributed by atoms with Crippen LogP contribution in [0.1, 0.15) is 33.2 Å². The molecule has 0 aliphatic carbocycles. The van der Waals surface area contributed by atoms with Crippen LogP contribution in [-0.2, 0) is 4.74 Å². The van der Waals surface area contributed by atoms with Crippen LogP contribution in [0.5, 0.6) is 0 Å². The van der Waals surface area contributed by atoms with Gasteiger partial charge in [-0.3, -0.25) is 4.79 Å². The van der Waals surface area contributed by atoms with E-state index in [2.05, 4.69) is 5.10 Å². The first-order chi connectivity index (χ1) is 10.6. The molecule has 0 N–H and O–H groups in total. The minimum Gasteiger partial charge on any atom is -0.444 e. The number of carbonyl (C=O) groups excluding carboxylic acids is 1. The average molecular weight is 366 g/mol. The number of alkyl halides is 1. The van der Waals surface area contributed by atoms with E-state index in [0.29, 0.717) is 0 Å². The summed E-state index contributed by atoms with van der Waals surface area (Å²) in [5.41, 5.74) is -1.29. The number of aromatic nitrogens is 2. The first-order valence-electron chi connectivity index (χ1n) is 7.15. The molecule has 0 bridgehead atoms. The normalized spacial score (nSPS) is 22.1. The van der Waals surface area contributed by atoms with Crippen LogP contribution < -0.4 is 5.56 Å². The van der Waals surface area contributed by atoms with Gasteiger partial charge < -0.3 is 9.64 Å². The van der Waals surface area contributed by atoms with Crippen LogP contribution in [-0.4, -0.2) is 45.6 Å². The van der Waals surface area contributed by atoms with Gasteiger partial charge in [-0.2, -0.15) is 5.10 Å². The molecule has 0 spiro atoms. The molecule has 1 saturated heterocycles. The molecule has 1 aromatic rings. The third-order valence-electron chi connectivity index (χ3n) is 3.37. The summed E-state index contributed by atoms with van der Waals surface area (Å²) < 4.78 is 20.7. The van der Waals surface area contributed by atoms with Crippen molar-refractivity contribution in [2.75, 3.05) is 13.1 Å². The molecule has 1 aliphatic heterocycles. The van der Waals surface area contributed by atoms with Gasteiger partial charge in [-0.05, 0) is 27.2 Å². The Morgan fingerprint density at radius 1 is 1.43 bits per heavy atom. The highest BCUT2D eigenvalue weighted by Gasteiger charge is 2.36. The fourth-order valence-electron chi connectivity index (χ4n) is 2.32. The SMILES string of the molecule is CC(C)(C)OC(=O)N1CC[C@@H](n2ncc(Cl)c(Cl)c2=O)[C@@H](F)C1. The number of carbonyl (C=O) groups is 1. The number of hydrogen-bond acceptors (Lipinski definition) is 4. The Morgan fingerprint density at radius 3 is 2.65 bits per heavy atom. The van der Waals surface area contributed by atoms with E-state index < -0.39 is 29.5 Å². The minimum atomic E-state index is -1.46. The van der Waals surface area contributed by atoms with Gasteiger partial charge in [-0.1, -0.05) is 23.2 Å². The number of hydrogen-bond donors (Lipinski definition) is 0. The first-order valence-corrected chi connectivity index (χ1v) is 7.90. The van der Waals surface area contributed by atoms with Crippen LogP contribution in [0.3, 0.4) is 0 Å². The van der Waals surface area contributed by atoms with E-state index in [0.717, 1.165) is 4.68 Å². The number of piperidine rings is 1. The van der Waals surface area contributed by atoms with Gasteiger partial charge in [0.2, 0.25) is 0 Å². The summed E-state index contributed by atoms with van der Waals surface area (Å²) in [5, 5.41) is 3.69. The number of amides is 1. The molecule has 23 heavy (non-hydrogen) atoms. The third-order valence-corrected chi connectivity index (χ3v) is 4.12. The summed E-state index contributed by atoms with van der Waals surface area (Å²) in [6.45, 7) is 5.31. The van der Waals surface area contributed by atoms with Gasteiger partial charge >= 0.3 is 6.09 Å². The second-order valence-electron chi connectivity index (χ2n) is 6.35. The highest BCUT2D eigenvalue weighted by Crippen LogP contribution is 2.26. The average Bonchev–Trinajstić information content (AvgIpc) is 2.44. The lowest BCUT2D eigenvalue weighted by atomic mass is 10.0. The molecular formula is C14H18Cl2FN3O3. The lowest BCUT2D eigenvalue weighted by molar-refractivity contribution is 0.00534. The van der Waals surface area contributed by atoms with Crippen LogP contribution >= 0.6 is 23.2 Å². The summed E-state index contributed by atoms with van der Waals surface area (Å²) >= 11 is 11.5. The Morgan fingerprint density at radius 2 is 2.09 bits per heavy atom. The summed E-state index contributed by atoms with van der Waals surface area (Å²) in [5.74, 6) is 0. The molecule has 1 amide bonds. The van der Waals surface area contributed by atoms with E-state index >= 15 is 0 Å². The predicted molar refractivity (Wildman–Crippen MR) is 84.9 cm³/mol. The molecule has 0 radical (unpaired) electrons. The van der Waals surface area contributed by atoms with Crippen molar-refractivity contribution in [3.63, 3.8) is 0 Å². The van der Waals surface area contributed by atoms with Gasteiger partial charge in [0.15, 0.2) is 0 Å². The Kier molecular flexibility index (Phi) is 5.20. The van der Waals surface area contributed by atoms with Gasteiger partial charge in [-0.15, -0.1) is 0 Å². The van der Waals surface area contributed by atoms with Crippen molar-refractivity contribution < 1.29 is 13.9 Å². The summed E-state index contributed by atoms with van der Waals surface area (Å²) in [7, 11) is 0. The molecule has 128 valence electrons. The summed E-state index contributed by atoms with van der Waals surface area (Å²) in [4.78, 5) is 25.3. The molecule has 6 nitrogen and oxygen atoms in total. The van der Waals surface area contributed by atoms with E-state index in [4.69, 9.17) is 27.9 Å². The molecule has 0 unspecified atom stereocenters. The number of ether oxygens (including phenoxy) is 1. The van der Waals surface area contributed by atoms with E-state index in [9.17, 15) is 14.0 Å². The van der Waals surface area contributed by atoms with Crippen molar-refractivity contribution in [2.45, 2.75) is 45.0 Å². The van der Waals surface area contributed by atoms with Crippen molar-refractivity contribution in [3.05, 3.63) is 26.6 Å². The monoisotopic (exact) mass is 365 g/mol. The zero-order valence-corrected chi connectivity index (χ0v) is 14.6. The van der Waals surface area contributed by atoms with Crippen molar-refractivity contribution in [3.8, 4) is 0 Å². The van der Waals surface area contributed by atoms with Gasteiger partial charge in [-0.25, -0.2) is 13.9 Å². The Labute approximate surface area is 143 Å². The number of nitrogens with zero attached hydrogens (tertiary/aromatic N) is 3. The van der Waals surface area contributed by atoms with Crippen molar-refractivity contribution in [1.82, 2.24) is 14.7 Å². The maximum Gasteiger partial charge on any atom is 0.410 e. The Bertz CT molecular complexity index is 660. The Balaban J connectivity index is 2.12. The second kappa shape index (κ2) is 6.65. The lowest BCUT2D eigenvalue weighted by Gasteiger charge is -2.35. The topological polar surface area (TPSA) is 64.4 Å². The fourth-order valence-corrected chi connectivity index (χ4v) is 2.58. The molecule has 1 aromatic heterocycles. The van der Waals surface area contributed by atoms with Crippen molar-refractivity contribution in [2.24, 2.45) is 0 Å². The summed E-state index contributed by atoms with van der Waals surface area (Å²) in [6.07, 6.45) is -0.601. The van der Waals surface area contributed by atoms with E-state index in [1.165, 1.54) is 11.1 Å². The van der Waals surface area contributed by atoms with Crippen LogP contribution in [0.4, 0.5) is 9.18 Å². The van der Waals surface area contributed by atoms with E-state index in [-0.39, 0.29) is 29.6 Å². The van der Waals surface area contributed by atoms with E-state index in [1.54, 1.807) is 20.8 Å². The molecule has 2 atom stereocenters. The first kappa shape index (κ1) is 18.0. The molecular weight excluding hydrogens is 348 g/mol. The third kappa shape index (κ3) is 4.14. The minimum absolute atomic E-state index is 0.0227. The maximum atomic E-state index is 14.5. The van der Waals surface area contributed by atoms with Crippen LogP contribution in [0, 0.1) is 0 Å². The lowest BCUT2D eigenvalue weighted by Crippen LogP contribution is -2.49. The fraction of sp³-hybridized carbons (Fsp3) is 0.643. The number of rotatable bonds is 1. The molecule has 1 fully saturated rings. The molecule has 0 saturated carbocycles. The smallest absolute Gasteiger partial charge is 0.410 e. The second-order valence-corrected chi connectivity index (χ2v) is 7.14. The molecule has 2 rings (SSSR count). The number of likely N-dealkylation sites (tertiary alicyclic amines) is 1. The predicted octanol–water partition coefficient (Wildman–Crippen LogP) is 3.07. The van der Waals surface area contributed by atoms with Crippen molar-refractivity contribution in [1.29, 1.82) is 0 Å². The van der Waals surface area contributed by atoms with Gasteiger partial charge in [0, 0.05) is 6.54 Å². The zero-order valence-electron chi connectivity index (χ0n) is 13.1. The molecule has 1 aliphatic rings. The standard InChI is InChI=1S/C14H18Cl2FN3O3/c1-14(2,3)23-13(22)19-5-4-10(9(17)7-19)20-12(21)11(16)8(15)6-18-20/h6,9-10H,4-5,7H2,1-3H3/t9-,10+/m0/s1. The zero-order chi connectivity index (χ0) is 17.4. The highest BCUT2D eigenvalue weighted by molar-refractivity contribution is 6.41. The van der Waals surface area contributed by atoms with Crippen LogP contribution in [0.25, 0.3) is 0 Å². The quantitative estimate of drug-likeness (QED) is 0.766. The van der Waals surface area contributed by atoms with E-state index in [1.807, 2.05) is 0 Å². The van der Waals surface area contributed by atoms with Gasteiger partial charge in [0.05, 0.1) is 23.8 Å². The number of halogens is 3. The largest absolute Gasteiger partial charge is 0.444 e. The highest BCUT2D eigenvalue weighted by atomic mass is 35.5. The molecule has 2 heterocycles. The molecule has 9 heteroatoms. The summed E-state index contributed by atoms with van der Waals surface area (Å²) in [6, 6.07) is -0.795. The van der Waals surface area contributed by atoms with Crippen molar-refractivity contribution >= 4 is 29.3 Å².